The number of hydrogen-bond donors (Lipinski definition) is 1. The number of hydrogen-bond acceptors (Lipinski definition) is 2. The molecule has 0 aliphatic carbocycles. The number of ether oxygens (including phenoxy) is 1. The van der Waals surface area contributed by atoms with E-state index in [2.05, 4.69) is 19.2 Å². The summed E-state index contributed by atoms with van der Waals surface area (Å²) >= 11 is 6.05. The topological polar surface area (TPSA) is 38.3 Å². The molecule has 1 aromatic rings. The molecular formula is C14H20ClNO2. The molecule has 1 rings (SSSR count). The molecule has 18 heavy (non-hydrogen) atoms. The van der Waals surface area contributed by atoms with Gasteiger partial charge in [0, 0.05) is 11.6 Å². The predicted molar refractivity (Wildman–Crippen MR) is 74.4 cm³/mol. The number of carbonyl (C=O) groups excluding carboxylic acids is 1. The summed E-state index contributed by atoms with van der Waals surface area (Å²) in [6.45, 7) is 8.56. The van der Waals surface area contributed by atoms with Crippen LogP contribution in [0.15, 0.2) is 18.2 Å². The van der Waals surface area contributed by atoms with Crippen molar-refractivity contribution in [2.75, 3.05) is 6.61 Å². The first-order valence-electron chi connectivity index (χ1n) is 6.19. The average Bonchev–Trinajstić information content (AvgIpc) is 2.31. The summed E-state index contributed by atoms with van der Waals surface area (Å²) in [5.74, 6) is 0.890. The van der Waals surface area contributed by atoms with Crippen LogP contribution in [0, 0.1) is 5.92 Å². The van der Waals surface area contributed by atoms with Crippen LogP contribution < -0.4 is 10.1 Å². The molecule has 1 aromatic carbocycles. The minimum absolute atomic E-state index is 0.110. The summed E-state index contributed by atoms with van der Waals surface area (Å²) in [5, 5.41) is 3.40. The van der Waals surface area contributed by atoms with Gasteiger partial charge in [-0.1, -0.05) is 25.4 Å². The van der Waals surface area contributed by atoms with Crippen molar-refractivity contribution in [3.8, 4) is 5.75 Å². The lowest BCUT2D eigenvalue weighted by Gasteiger charge is -2.17. The van der Waals surface area contributed by atoms with Crippen LogP contribution in [0.2, 0.25) is 5.02 Å². The second-order valence-electron chi connectivity index (χ2n) is 4.58. The summed E-state index contributed by atoms with van der Waals surface area (Å²) in [7, 11) is 0. The number of halogens is 1. The Balaban J connectivity index is 2.78. The average molecular weight is 270 g/mol. The molecule has 0 aliphatic rings. The van der Waals surface area contributed by atoms with Gasteiger partial charge in [0.1, 0.15) is 5.75 Å². The molecule has 0 spiro atoms. The molecule has 4 heteroatoms. The Morgan fingerprint density at radius 1 is 1.39 bits per heavy atom. The summed E-state index contributed by atoms with van der Waals surface area (Å²) in [6.07, 6.45) is 0. The summed E-state index contributed by atoms with van der Waals surface area (Å²) in [5.41, 5.74) is 0.552. The van der Waals surface area contributed by atoms with Gasteiger partial charge in [-0.2, -0.15) is 0 Å². The fraction of sp³-hybridized carbons (Fsp3) is 0.500. The molecule has 3 nitrogen and oxygen atoms in total. The second kappa shape index (κ2) is 6.64. The third-order valence-electron chi connectivity index (χ3n) is 2.85. The molecule has 0 heterocycles. The number of amides is 1. The van der Waals surface area contributed by atoms with Gasteiger partial charge in [0.15, 0.2) is 0 Å². The van der Waals surface area contributed by atoms with Crippen molar-refractivity contribution in [3.05, 3.63) is 28.8 Å². The van der Waals surface area contributed by atoms with E-state index < -0.39 is 0 Å². The van der Waals surface area contributed by atoms with E-state index in [-0.39, 0.29) is 11.9 Å². The highest BCUT2D eigenvalue weighted by Gasteiger charge is 2.13. The molecule has 0 unspecified atom stereocenters. The third-order valence-corrected chi connectivity index (χ3v) is 3.15. The van der Waals surface area contributed by atoms with Crippen LogP contribution in [0.1, 0.15) is 38.1 Å². The van der Waals surface area contributed by atoms with Crippen LogP contribution in [-0.2, 0) is 0 Å². The lowest BCUT2D eigenvalue weighted by Crippen LogP contribution is -2.36. The van der Waals surface area contributed by atoms with Crippen molar-refractivity contribution in [2.24, 2.45) is 5.92 Å². The van der Waals surface area contributed by atoms with Crippen LogP contribution >= 0.6 is 11.6 Å². The minimum Gasteiger partial charge on any atom is -0.492 e. The van der Waals surface area contributed by atoms with Crippen LogP contribution in [0.3, 0.4) is 0 Å². The number of carbonyl (C=O) groups is 1. The number of nitrogens with one attached hydrogen (secondary N) is 1. The first-order chi connectivity index (χ1) is 8.45. The van der Waals surface area contributed by atoms with Crippen molar-refractivity contribution in [1.29, 1.82) is 0 Å². The van der Waals surface area contributed by atoms with Crippen LogP contribution in [0.25, 0.3) is 0 Å². The van der Waals surface area contributed by atoms with Crippen LogP contribution in [0.5, 0.6) is 5.75 Å². The molecule has 0 saturated carbocycles. The van der Waals surface area contributed by atoms with Crippen molar-refractivity contribution in [2.45, 2.75) is 33.7 Å². The maximum Gasteiger partial charge on any atom is 0.251 e. The Kier molecular flexibility index (Phi) is 5.48. The van der Waals surface area contributed by atoms with E-state index in [1.54, 1.807) is 18.2 Å². The van der Waals surface area contributed by atoms with Gasteiger partial charge in [-0.15, -0.1) is 0 Å². The van der Waals surface area contributed by atoms with E-state index in [1.807, 2.05) is 13.8 Å². The molecule has 0 radical (unpaired) electrons. The minimum atomic E-state index is -0.110. The van der Waals surface area contributed by atoms with Gasteiger partial charge >= 0.3 is 0 Å². The monoisotopic (exact) mass is 269 g/mol. The van der Waals surface area contributed by atoms with Gasteiger partial charge in [0.25, 0.3) is 5.91 Å². The zero-order valence-electron chi connectivity index (χ0n) is 11.3. The first-order valence-corrected chi connectivity index (χ1v) is 6.56. The van der Waals surface area contributed by atoms with Crippen molar-refractivity contribution >= 4 is 17.5 Å². The lowest BCUT2D eigenvalue weighted by atomic mass is 10.1. The van der Waals surface area contributed by atoms with Gasteiger partial charge in [-0.25, -0.2) is 0 Å². The highest BCUT2D eigenvalue weighted by Crippen LogP contribution is 2.25. The Hall–Kier alpha value is -1.22. The third kappa shape index (κ3) is 3.91. The molecule has 0 fully saturated rings. The molecule has 0 aliphatic heterocycles. The van der Waals surface area contributed by atoms with E-state index in [0.717, 1.165) is 0 Å². The Morgan fingerprint density at radius 2 is 2.06 bits per heavy atom. The molecule has 1 amide bonds. The number of benzene rings is 1. The van der Waals surface area contributed by atoms with Gasteiger partial charge in [-0.3, -0.25) is 4.79 Å². The smallest absolute Gasteiger partial charge is 0.251 e. The number of rotatable bonds is 5. The van der Waals surface area contributed by atoms with Gasteiger partial charge < -0.3 is 10.1 Å². The van der Waals surface area contributed by atoms with Crippen LogP contribution in [-0.4, -0.2) is 18.6 Å². The van der Waals surface area contributed by atoms with Crippen LogP contribution in [0.4, 0.5) is 0 Å². The molecule has 0 saturated heterocycles. The molecular weight excluding hydrogens is 250 g/mol. The quantitative estimate of drug-likeness (QED) is 0.888. The summed E-state index contributed by atoms with van der Waals surface area (Å²) in [6, 6.07) is 5.21. The molecule has 1 N–H and O–H groups in total. The second-order valence-corrected chi connectivity index (χ2v) is 4.99. The van der Waals surface area contributed by atoms with Gasteiger partial charge in [-0.05, 0) is 38.0 Å². The predicted octanol–water partition coefficient (Wildman–Crippen LogP) is 3.51. The summed E-state index contributed by atoms with van der Waals surface area (Å²) in [4.78, 5) is 12.0. The molecule has 0 bridgehead atoms. The Labute approximate surface area is 113 Å². The normalized spacial score (nSPS) is 12.3. The fourth-order valence-electron chi connectivity index (χ4n) is 1.37. The Bertz CT molecular complexity index is 418. The van der Waals surface area contributed by atoms with E-state index in [4.69, 9.17) is 16.3 Å². The molecule has 1 atom stereocenters. The standard InChI is InChI=1S/C14H20ClNO2/c1-5-18-13-7-6-11(8-12(13)15)14(17)16-10(4)9(2)3/h6-10H,5H2,1-4H3,(H,16,17)/t10-/m1/s1. The zero-order valence-corrected chi connectivity index (χ0v) is 12.0. The highest BCUT2D eigenvalue weighted by atomic mass is 35.5. The van der Waals surface area contributed by atoms with Gasteiger partial charge in [0.05, 0.1) is 11.6 Å². The fourth-order valence-corrected chi connectivity index (χ4v) is 1.61. The SMILES string of the molecule is CCOc1ccc(C(=O)N[C@H](C)C(C)C)cc1Cl. The maximum absolute atomic E-state index is 12.0. The van der Waals surface area contributed by atoms with Crippen molar-refractivity contribution in [3.63, 3.8) is 0 Å². The van der Waals surface area contributed by atoms with Crippen molar-refractivity contribution < 1.29 is 9.53 Å². The van der Waals surface area contributed by atoms with E-state index >= 15 is 0 Å². The van der Waals surface area contributed by atoms with E-state index in [1.165, 1.54) is 0 Å². The van der Waals surface area contributed by atoms with Crippen molar-refractivity contribution in [1.82, 2.24) is 5.32 Å². The maximum atomic E-state index is 12.0. The molecule has 0 aromatic heterocycles. The highest BCUT2D eigenvalue weighted by molar-refractivity contribution is 6.32. The lowest BCUT2D eigenvalue weighted by molar-refractivity contribution is 0.0930. The molecule has 100 valence electrons. The first kappa shape index (κ1) is 14.8. The Morgan fingerprint density at radius 3 is 2.56 bits per heavy atom. The van der Waals surface area contributed by atoms with Gasteiger partial charge in [0.2, 0.25) is 0 Å². The van der Waals surface area contributed by atoms with E-state index in [0.29, 0.717) is 28.9 Å². The summed E-state index contributed by atoms with van der Waals surface area (Å²) < 4.78 is 5.33. The van der Waals surface area contributed by atoms with E-state index in [9.17, 15) is 4.79 Å². The zero-order chi connectivity index (χ0) is 13.7. The largest absolute Gasteiger partial charge is 0.492 e.